The van der Waals surface area contributed by atoms with Crippen molar-refractivity contribution < 1.29 is 12.8 Å². The number of furan rings is 1. The van der Waals surface area contributed by atoms with Gasteiger partial charge in [0.25, 0.3) is 0 Å². The first kappa shape index (κ1) is 16.5. The van der Waals surface area contributed by atoms with Crippen molar-refractivity contribution in [3.05, 3.63) is 51.3 Å². The van der Waals surface area contributed by atoms with E-state index in [1.54, 1.807) is 31.2 Å². The summed E-state index contributed by atoms with van der Waals surface area (Å²) >= 11 is 9.16. The van der Waals surface area contributed by atoms with Gasteiger partial charge in [0.05, 0.1) is 6.54 Å². The van der Waals surface area contributed by atoms with E-state index in [1.165, 1.54) is 6.07 Å². The zero-order chi connectivity index (χ0) is 15.6. The molecule has 0 aliphatic carbocycles. The van der Waals surface area contributed by atoms with Gasteiger partial charge in [0.2, 0.25) is 10.0 Å². The third kappa shape index (κ3) is 3.67. The van der Waals surface area contributed by atoms with Crippen LogP contribution in [0.3, 0.4) is 0 Å². The Bertz CT molecular complexity index is 746. The van der Waals surface area contributed by atoms with Gasteiger partial charge in [-0.05, 0) is 34.5 Å². The fraction of sp³-hybridized carbons (Fsp3) is 0.231. The molecule has 0 aliphatic heterocycles. The molecule has 3 N–H and O–H groups in total. The number of benzene rings is 1. The molecule has 21 heavy (non-hydrogen) atoms. The number of halogens is 2. The van der Waals surface area contributed by atoms with Crippen LogP contribution >= 0.6 is 27.5 Å². The molecule has 0 aliphatic rings. The molecule has 0 spiro atoms. The smallest absolute Gasteiger partial charge is 0.245 e. The Kier molecular flexibility index (Phi) is 5.11. The summed E-state index contributed by atoms with van der Waals surface area (Å²) in [4.78, 5) is 0.0156. The van der Waals surface area contributed by atoms with E-state index >= 15 is 0 Å². The molecule has 2 rings (SSSR count). The summed E-state index contributed by atoms with van der Waals surface area (Å²) < 4.78 is 32.7. The first-order chi connectivity index (χ1) is 9.85. The molecule has 1 aromatic heterocycles. The first-order valence-electron chi connectivity index (χ1n) is 6.10. The SMILES string of the molecule is CC(NS(=O)(=O)c1cc(CN)oc1Br)c1ccccc1Cl. The number of rotatable bonds is 5. The molecule has 8 heteroatoms. The number of hydrogen-bond acceptors (Lipinski definition) is 4. The lowest BCUT2D eigenvalue weighted by Crippen LogP contribution is -2.27. The lowest BCUT2D eigenvalue weighted by Gasteiger charge is -2.15. The Morgan fingerprint density at radius 1 is 1.43 bits per heavy atom. The van der Waals surface area contributed by atoms with Crippen LogP contribution in [0.2, 0.25) is 5.02 Å². The molecule has 0 saturated heterocycles. The summed E-state index contributed by atoms with van der Waals surface area (Å²) in [6.45, 7) is 1.84. The van der Waals surface area contributed by atoms with Crippen molar-refractivity contribution in [3.63, 3.8) is 0 Å². The van der Waals surface area contributed by atoms with E-state index in [0.717, 1.165) is 0 Å². The summed E-state index contributed by atoms with van der Waals surface area (Å²) in [6, 6.07) is 7.98. The van der Waals surface area contributed by atoms with Gasteiger partial charge in [-0.15, -0.1) is 0 Å². The number of hydrogen-bond donors (Lipinski definition) is 2. The van der Waals surface area contributed by atoms with Crippen LogP contribution < -0.4 is 10.5 Å². The molecule has 2 aromatic rings. The minimum absolute atomic E-state index is 0.0156. The number of sulfonamides is 1. The highest BCUT2D eigenvalue weighted by Crippen LogP contribution is 2.28. The van der Waals surface area contributed by atoms with E-state index in [0.29, 0.717) is 16.3 Å². The van der Waals surface area contributed by atoms with Gasteiger partial charge in [0.15, 0.2) is 4.67 Å². The van der Waals surface area contributed by atoms with Gasteiger partial charge in [0.1, 0.15) is 10.7 Å². The topological polar surface area (TPSA) is 85.3 Å². The summed E-state index contributed by atoms with van der Waals surface area (Å²) in [5.41, 5.74) is 6.14. The van der Waals surface area contributed by atoms with Gasteiger partial charge in [-0.25, -0.2) is 13.1 Å². The third-order valence-corrected chi connectivity index (χ3v) is 5.64. The predicted octanol–water partition coefficient (Wildman–Crippen LogP) is 3.19. The van der Waals surface area contributed by atoms with Crippen LogP contribution in [-0.4, -0.2) is 8.42 Å². The van der Waals surface area contributed by atoms with Crippen molar-refractivity contribution in [1.29, 1.82) is 0 Å². The largest absolute Gasteiger partial charge is 0.452 e. The van der Waals surface area contributed by atoms with Gasteiger partial charge < -0.3 is 10.2 Å². The van der Waals surface area contributed by atoms with E-state index in [2.05, 4.69) is 20.7 Å². The average molecular weight is 394 g/mol. The highest BCUT2D eigenvalue weighted by molar-refractivity contribution is 9.10. The Balaban J connectivity index is 2.29. The Hall–Kier alpha value is -0.860. The zero-order valence-electron chi connectivity index (χ0n) is 11.1. The van der Waals surface area contributed by atoms with Gasteiger partial charge in [-0.2, -0.15) is 0 Å². The molecule has 1 aromatic carbocycles. The van der Waals surface area contributed by atoms with Crippen molar-refractivity contribution in [2.24, 2.45) is 5.73 Å². The van der Waals surface area contributed by atoms with Crippen molar-refractivity contribution in [3.8, 4) is 0 Å². The van der Waals surface area contributed by atoms with Crippen LogP contribution in [-0.2, 0) is 16.6 Å². The van der Waals surface area contributed by atoms with E-state index in [-0.39, 0.29) is 16.1 Å². The lowest BCUT2D eigenvalue weighted by molar-refractivity contribution is 0.483. The van der Waals surface area contributed by atoms with Crippen LogP contribution in [0.25, 0.3) is 0 Å². The molecule has 0 fully saturated rings. The fourth-order valence-electron chi connectivity index (χ4n) is 1.87. The summed E-state index contributed by atoms with van der Waals surface area (Å²) in [5.74, 6) is 0.382. The van der Waals surface area contributed by atoms with Crippen molar-refractivity contribution in [2.45, 2.75) is 24.4 Å². The second-order valence-electron chi connectivity index (χ2n) is 4.42. The van der Waals surface area contributed by atoms with Crippen LogP contribution in [0, 0.1) is 0 Å². The molecule has 1 unspecified atom stereocenters. The normalized spacial score (nSPS) is 13.3. The van der Waals surface area contributed by atoms with Crippen LogP contribution in [0.15, 0.2) is 44.3 Å². The van der Waals surface area contributed by atoms with E-state index in [1.807, 2.05) is 0 Å². The maximum absolute atomic E-state index is 12.4. The highest BCUT2D eigenvalue weighted by Gasteiger charge is 2.25. The maximum atomic E-state index is 12.4. The quantitative estimate of drug-likeness (QED) is 0.817. The second-order valence-corrected chi connectivity index (χ2v) is 7.23. The highest BCUT2D eigenvalue weighted by atomic mass is 79.9. The Morgan fingerprint density at radius 3 is 2.67 bits per heavy atom. The number of nitrogens with two attached hydrogens (primary N) is 1. The zero-order valence-corrected chi connectivity index (χ0v) is 14.3. The van der Waals surface area contributed by atoms with Gasteiger partial charge in [0, 0.05) is 17.1 Å². The van der Waals surface area contributed by atoms with Gasteiger partial charge >= 0.3 is 0 Å². The van der Waals surface area contributed by atoms with E-state index in [9.17, 15) is 8.42 Å². The van der Waals surface area contributed by atoms with Gasteiger partial charge in [-0.1, -0.05) is 29.8 Å². The third-order valence-electron chi connectivity index (χ3n) is 2.90. The molecule has 1 atom stereocenters. The summed E-state index contributed by atoms with van der Waals surface area (Å²) in [6.07, 6.45) is 0. The predicted molar refractivity (Wildman–Crippen MR) is 84.5 cm³/mol. The van der Waals surface area contributed by atoms with Gasteiger partial charge in [-0.3, -0.25) is 0 Å². The first-order valence-corrected chi connectivity index (χ1v) is 8.75. The minimum Gasteiger partial charge on any atom is -0.452 e. The lowest BCUT2D eigenvalue weighted by atomic mass is 10.1. The standard InChI is InChI=1S/C13H14BrClN2O3S/c1-8(10-4-2-3-5-11(10)15)17-21(18,19)12-6-9(7-16)20-13(12)14/h2-6,8,17H,7,16H2,1H3. The minimum atomic E-state index is -3.75. The van der Waals surface area contributed by atoms with Crippen molar-refractivity contribution in [2.75, 3.05) is 0 Å². The number of nitrogens with one attached hydrogen (secondary N) is 1. The fourth-order valence-corrected chi connectivity index (χ4v) is 4.39. The van der Waals surface area contributed by atoms with E-state index in [4.69, 9.17) is 21.8 Å². The molecule has 1 heterocycles. The molecular formula is C13H14BrClN2O3S. The second kappa shape index (κ2) is 6.50. The molecule has 0 radical (unpaired) electrons. The average Bonchev–Trinajstić information content (AvgIpc) is 2.81. The Labute approximate surface area is 136 Å². The maximum Gasteiger partial charge on any atom is 0.245 e. The molecule has 0 amide bonds. The summed E-state index contributed by atoms with van der Waals surface area (Å²) in [5, 5.41) is 0.501. The molecule has 0 saturated carbocycles. The van der Waals surface area contributed by atoms with Crippen molar-refractivity contribution in [1.82, 2.24) is 4.72 Å². The molecule has 114 valence electrons. The van der Waals surface area contributed by atoms with Crippen LogP contribution in [0.5, 0.6) is 0 Å². The monoisotopic (exact) mass is 392 g/mol. The van der Waals surface area contributed by atoms with E-state index < -0.39 is 16.1 Å². The van der Waals surface area contributed by atoms with Crippen LogP contribution in [0.1, 0.15) is 24.3 Å². The summed E-state index contributed by atoms with van der Waals surface area (Å²) in [7, 11) is -3.75. The molecule has 0 bridgehead atoms. The Morgan fingerprint density at radius 2 is 2.10 bits per heavy atom. The molecular weight excluding hydrogens is 380 g/mol. The van der Waals surface area contributed by atoms with Crippen molar-refractivity contribution >= 4 is 37.6 Å². The van der Waals surface area contributed by atoms with Crippen LogP contribution in [0.4, 0.5) is 0 Å². The molecule has 5 nitrogen and oxygen atoms in total.